The van der Waals surface area contributed by atoms with Gasteiger partial charge in [-0.1, -0.05) is 127 Å². The molecule has 0 aliphatic rings. The van der Waals surface area contributed by atoms with Gasteiger partial charge >= 0.3 is 19.8 Å². The molecule has 1 unspecified atom stereocenters. The van der Waals surface area contributed by atoms with Gasteiger partial charge in [0.15, 0.2) is 6.10 Å². The lowest BCUT2D eigenvalue weighted by atomic mass is 10.1. The fourth-order valence-electron chi connectivity index (χ4n) is 5.04. The lowest BCUT2D eigenvalue weighted by Gasteiger charge is -2.20. The van der Waals surface area contributed by atoms with Crippen LogP contribution in [-0.2, 0) is 32.7 Å². The van der Waals surface area contributed by atoms with E-state index < -0.39 is 51.8 Å². The van der Waals surface area contributed by atoms with Crippen molar-refractivity contribution in [2.24, 2.45) is 0 Å². The predicted molar refractivity (Wildman–Crippen MR) is 210 cm³/mol. The van der Waals surface area contributed by atoms with Crippen LogP contribution in [0.15, 0.2) is 48.6 Å². The number of ether oxygens (including phenoxy) is 2. The molecule has 0 saturated heterocycles. The Morgan fingerprint density at radius 3 is 1.54 bits per heavy atom. The van der Waals surface area contributed by atoms with Crippen molar-refractivity contribution in [2.45, 2.75) is 174 Å². The van der Waals surface area contributed by atoms with Crippen LogP contribution in [0, 0.1) is 0 Å². The summed E-state index contributed by atoms with van der Waals surface area (Å²) in [5, 5.41) is 18.3. The molecule has 0 spiro atoms. The number of carbonyl (C=O) groups is 2. The highest BCUT2D eigenvalue weighted by Gasteiger charge is 2.27. The van der Waals surface area contributed by atoms with Crippen LogP contribution in [0.2, 0.25) is 0 Å². The quantitative estimate of drug-likeness (QED) is 0.0242. The molecule has 0 aromatic rings. The Kier molecular flexibility index (Phi) is 35.8. The third-order valence-electron chi connectivity index (χ3n) is 8.21. The number of hydrogen-bond acceptors (Lipinski definition) is 9. The van der Waals surface area contributed by atoms with Gasteiger partial charge in [-0.2, -0.15) is 0 Å². The zero-order valence-corrected chi connectivity index (χ0v) is 33.4. The second-order valence-electron chi connectivity index (χ2n) is 13.3. The van der Waals surface area contributed by atoms with E-state index in [0.717, 1.165) is 89.9 Å². The summed E-state index contributed by atoms with van der Waals surface area (Å²) < 4.78 is 32.6. The molecule has 0 radical (unpaired) electrons. The van der Waals surface area contributed by atoms with Crippen LogP contribution in [0.1, 0.15) is 162 Å². The molecule has 302 valence electrons. The Morgan fingerprint density at radius 1 is 0.577 bits per heavy atom. The van der Waals surface area contributed by atoms with Gasteiger partial charge in [-0.25, -0.2) is 4.57 Å². The molecule has 3 N–H and O–H groups in total. The Hall–Kier alpha value is -2.07. The molecule has 0 rings (SSSR count). The maximum atomic E-state index is 12.6. The van der Waals surface area contributed by atoms with Gasteiger partial charge in [0.25, 0.3) is 0 Å². The number of aliphatic hydroxyl groups is 2. The van der Waals surface area contributed by atoms with Gasteiger partial charge in [-0.15, -0.1) is 0 Å². The first-order valence-electron chi connectivity index (χ1n) is 20.1. The van der Waals surface area contributed by atoms with E-state index in [4.69, 9.17) is 19.1 Å². The first-order valence-corrected chi connectivity index (χ1v) is 21.6. The Labute approximate surface area is 315 Å². The first-order chi connectivity index (χ1) is 25.2. The van der Waals surface area contributed by atoms with Gasteiger partial charge < -0.3 is 24.6 Å². The molecule has 0 bridgehead atoms. The van der Waals surface area contributed by atoms with Crippen LogP contribution in [0.5, 0.6) is 0 Å². The van der Waals surface area contributed by atoms with E-state index in [0.29, 0.717) is 12.8 Å². The second kappa shape index (κ2) is 37.3. The van der Waals surface area contributed by atoms with Gasteiger partial charge in [0.1, 0.15) is 12.7 Å². The van der Waals surface area contributed by atoms with Crippen molar-refractivity contribution in [2.75, 3.05) is 26.4 Å². The predicted octanol–water partition coefficient (Wildman–Crippen LogP) is 10.2. The van der Waals surface area contributed by atoms with Crippen molar-refractivity contribution >= 4 is 19.8 Å². The molecule has 0 amide bonds. The van der Waals surface area contributed by atoms with Crippen molar-refractivity contribution in [1.29, 1.82) is 0 Å². The normalized spacial score (nSPS) is 14.5. The minimum atomic E-state index is -4.62. The summed E-state index contributed by atoms with van der Waals surface area (Å²) in [7, 11) is -4.62. The van der Waals surface area contributed by atoms with Crippen molar-refractivity contribution in [3.05, 3.63) is 48.6 Å². The Bertz CT molecular complexity index is 1010. The molecule has 52 heavy (non-hydrogen) atoms. The first kappa shape index (κ1) is 49.9. The summed E-state index contributed by atoms with van der Waals surface area (Å²) in [4.78, 5) is 34.9. The summed E-state index contributed by atoms with van der Waals surface area (Å²) in [5.41, 5.74) is 0. The Balaban J connectivity index is 4.40. The number of phosphoric ester groups is 1. The lowest BCUT2D eigenvalue weighted by molar-refractivity contribution is -0.161. The van der Waals surface area contributed by atoms with Gasteiger partial charge in [0.2, 0.25) is 0 Å². The summed E-state index contributed by atoms with van der Waals surface area (Å²) in [6.07, 6.45) is 37.9. The third kappa shape index (κ3) is 36.3. The third-order valence-corrected chi connectivity index (χ3v) is 9.16. The van der Waals surface area contributed by atoms with Gasteiger partial charge in [0, 0.05) is 12.8 Å². The average Bonchev–Trinajstić information content (AvgIpc) is 3.13. The zero-order chi connectivity index (χ0) is 38.4. The molecule has 3 atom stereocenters. The molecular weight excluding hydrogens is 683 g/mol. The standard InChI is InChI=1S/C41H73O10P/c1-3-5-7-9-11-13-15-17-19-21-23-25-27-29-31-33-41(45)51-39(37-50-52(46,47)49-35-38(43)34-42)36-48-40(44)32-30-28-26-24-22-20-18-16-14-12-10-8-6-4-2/h10-13,16-19,38-39,42-43H,3-9,14-15,20-37H2,1-2H3,(H,46,47)/b12-10+,13-11+,18-16+,19-17+/t38-,39+/m0/s1. The average molecular weight is 757 g/mol. The van der Waals surface area contributed by atoms with E-state index >= 15 is 0 Å². The van der Waals surface area contributed by atoms with Crippen LogP contribution >= 0.6 is 7.82 Å². The van der Waals surface area contributed by atoms with Gasteiger partial charge in [0.05, 0.1) is 19.8 Å². The van der Waals surface area contributed by atoms with E-state index in [2.05, 4.69) is 67.0 Å². The molecule has 0 saturated carbocycles. The second-order valence-corrected chi connectivity index (χ2v) is 14.8. The summed E-state index contributed by atoms with van der Waals surface area (Å²) in [6.45, 7) is 2.26. The minimum Gasteiger partial charge on any atom is -0.462 e. The van der Waals surface area contributed by atoms with Crippen molar-refractivity contribution < 1.29 is 47.8 Å². The topological polar surface area (TPSA) is 149 Å². The fraction of sp³-hybridized carbons (Fsp3) is 0.756. The largest absolute Gasteiger partial charge is 0.472 e. The van der Waals surface area contributed by atoms with Crippen LogP contribution in [-0.4, -0.2) is 65.7 Å². The van der Waals surface area contributed by atoms with Gasteiger partial charge in [-0.05, 0) is 70.6 Å². The molecule has 10 nitrogen and oxygen atoms in total. The SMILES string of the molecule is CCCC/C=C/C/C=C/CCCCCCCC(=O)OC[C@H](COP(=O)(O)OC[C@@H](O)CO)OC(=O)CCCCCCC/C=C/C/C=C/CCCCC. The number of unbranched alkanes of at least 4 members (excludes halogenated alkanes) is 15. The number of hydrogen-bond donors (Lipinski definition) is 3. The highest BCUT2D eigenvalue weighted by Crippen LogP contribution is 2.43. The van der Waals surface area contributed by atoms with Crippen LogP contribution < -0.4 is 0 Å². The maximum Gasteiger partial charge on any atom is 0.472 e. The highest BCUT2D eigenvalue weighted by molar-refractivity contribution is 7.47. The maximum absolute atomic E-state index is 12.6. The highest BCUT2D eigenvalue weighted by atomic mass is 31.2. The van der Waals surface area contributed by atoms with Gasteiger partial charge in [-0.3, -0.25) is 18.6 Å². The van der Waals surface area contributed by atoms with E-state index in [9.17, 15) is 24.2 Å². The number of esters is 2. The van der Waals surface area contributed by atoms with Crippen LogP contribution in [0.3, 0.4) is 0 Å². The molecule has 0 heterocycles. The van der Waals surface area contributed by atoms with E-state index in [1.807, 2.05) is 0 Å². The minimum absolute atomic E-state index is 0.163. The van der Waals surface area contributed by atoms with Crippen molar-refractivity contribution in [1.82, 2.24) is 0 Å². The van der Waals surface area contributed by atoms with Crippen molar-refractivity contribution in [3.63, 3.8) is 0 Å². The molecule has 0 aliphatic carbocycles. The summed E-state index contributed by atoms with van der Waals surface area (Å²) in [5.74, 6) is -0.961. The number of phosphoric acid groups is 1. The molecule has 0 aliphatic heterocycles. The van der Waals surface area contributed by atoms with Crippen LogP contribution in [0.4, 0.5) is 0 Å². The molecular formula is C41H73O10P. The molecule has 11 heteroatoms. The van der Waals surface area contributed by atoms with E-state index in [-0.39, 0.29) is 19.4 Å². The molecule has 0 fully saturated rings. The van der Waals surface area contributed by atoms with Crippen molar-refractivity contribution in [3.8, 4) is 0 Å². The lowest BCUT2D eigenvalue weighted by Crippen LogP contribution is -2.29. The van der Waals surface area contributed by atoms with E-state index in [1.54, 1.807) is 0 Å². The molecule has 0 aromatic carbocycles. The summed E-state index contributed by atoms with van der Waals surface area (Å²) >= 11 is 0. The fourth-order valence-corrected chi connectivity index (χ4v) is 5.83. The van der Waals surface area contributed by atoms with Crippen LogP contribution in [0.25, 0.3) is 0 Å². The number of rotatable bonds is 37. The number of carbonyl (C=O) groups excluding carboxylic acids is 2. The zero-order valence-electron chi connectivity index (χ0n) is 32.5. The number of allylic oxidation sites excluding steroid dienone is 8. The monoisotopic (exact) mass is 756 g/mol. The molecule has 0 aromatic heterocycles. The Morgan fingerprint density at radius 2 is 1.02 bits per heavy atom. The smallest absolute Gasteiger partial charge is 0.462 e. The van der Waals surface area contributed by atoms with E-state index in [1.165, 1.54) is 32.1 Å². The summed E-state index contributed by atoms with van der Waals surface area (Å²) in [6, 6.07) is 0. The number of aliphatic hydroxyl groups excluding tert-OH is 2.